The molecule has 1 N–H and O–H groups in total. The van der Waals surface area contributed by atoms with Gasteiger partial charge in [-0.05, 0) is 26.3 Å². The van der Waals surface area contributed by atoms with E-state index in [1.807, 2.05) is 11.8 Å². The van der Waals surface area contributed by atoms with E-state index < -0.39 is 0 Å². The number of carbonyl (C=O) groups excluding carboxylic acids is 1. The highest BCUT2D eigenvalue weighted by Crippen LogP contribution is 2.23. The maximum absolute atomic E-state index is 12.5. The van der Waals surface area contributed by atoms with Crippen molar-refractivity contribution in [1.82, 2.24) is 20.0 Å². The van der Waals surface area contributed by atoms with E-state index in [0.717, 1.165) is 31.3 Å². The van der Waals surface area contributed by atoms with Gasteiger partial charge < -0.3 is 10.2 Å². The molecule has 0 spiro atoms. The van der Waals surface area contributed by atoms with Crippen LogP contribution in [0.4, 0.5) is 5.13 Å². The molecule has 0 bridgehead atoms. The summed E-state index contributed by atoms with van der Waals surface area (Å²) in [6.45, 7) is 6.64. The van der Waals surface area contributed by atoms with E-state index in [2.05, 4.69) is 20.4 Å². The lowest BCUT2D eigenvalue weighted by Crippen LogP contribution is -2.56. The van der Waals surface area contributed by atoms with Crippen LogP contribution in [0.5, 0.6) is 0 Å². The van der Waals surface area contributed by atoms with Crippen LogP contribution < -0.4 is 5.32 Å². The van der Waals surface area contributed by atoms with Gasteiger partial charge in [0.1, 0.15) is 0 Å². The van der Waals surface area contributed by atoms with Gasteiger partial charge in [0.25, 0.3) is 5.91 Å². The van der Waals surface area contributed by atoms with Gasteiger partial charge in [-0.25, -0.2) is 0 Å². The first-order valence-corrected chi connectivity index (χ1v) is 8.20. The summed E-state index contributed by atoms with van der Waals surface area (Å²) in [5.74, 6) is 0.0388. The van der Waals surface area contributed by atoms with Crippen molar-refractivity contribution in [1.29, 1.82) is 0 Å². The third-order valence-electron chi connectivity index (χ3n) is 4.06. The van der Waals surface area contributed by atoms with Crippen molar-refractivity contribution >= 4 is 22.4 Å². The second-order valence-electron chi connectivity index (χ2n) is 5.38. The number of piperidine rings is 1. The molecule has 3 heterocycles. The highest BCUT2D eigenvalue weighted by molar-refractivity contribution is 7.17. The van der Waals surface area contributed by atoms with Gasteiger partial charge >= 0.3 is 0 Å². The monoisotopic (exact) mass is 295 g/mol. The zero-order valence-corrected chi connectivity index (χ0v) is 12.7. The summed E-state index contributed by atoms with van der Waals surface area (Å²) in [5.41, 5.74) is 0. The molecule has 2 fully saturated rings. The molecule has 0 aliphatic carbocycles. The number of nitrogens with zero attached hydrogens (tertiary/aromatic N) is 4. The molecule has 0 saturated carbocycles. The molecule has 0 radical (unpaired) electrons. The molecular formula is C13H21N5OS. The minimum atomic E-state index is 0.0388. The maximum atomic E-state index is 12.5. The molecule has 110 valence electrons. The molecule has 1 unspecified atom stereocenters. The van der Waals surface area contributed by atoms with Crippen LogP contribution >= 0.6 is 11.3 Å². The Kier molecular flexibility index (Phi) is 4.16. The van der Waals surface area contributed by atoms with Gasteiger partial charge in [0.05, 0.1) is 0 Å². The number of anilines is 1. The van der Waals surface area contributed by atoms with Crippen molar-refractivity contribution in [2.45, 2.75) is 32.2 Å². The Bertz CT molecular complexity index is 477. The normalized spacial score (nSPS) is 23.4. The standard InChI is InChI=1S/C13H21N5OS/c1-2-14-13-16-15-11(20-13)12(19)18-8-7-17-6-4-3-5-10(17)9-18/h10H,2-9H2,1H3,(H,14,16). The molecule has 1 aromatic heterocycles. The van der Waals surface area contributed by atoms with Crippen molar-refractivity contribution in [3.05, 3.63) is 5.01 Å². The number of aromatic nitrogens is 2. The van der Waals surface area contributed by atoms with Crippen molar-refractivity contribution in [3.63, 3.8) is 0 Å². The highest BCUT2D eigenvalue weighted by atomic mass is 32.1. The van der Waals surface area contributed by atoms with Gasteiger partial charge in [-0.1, -0.05) is 17.8 Å². The minimum Gasteiger partial charge on any atom is -0.360 e. The summed E-state index contributed by atoms with van der Waals surface area (Å²) in [6.07, 6.45) is 3.79. The number of amides is 1. The van der Waals surface area contributed by atoms with Crippen LogP contribution in [0, 0.1) is 0 Å². The molecule has 1 amide bonds. The molecule has 7 heteroatoms. The van der Waals surface area contributed by atoms with E-state index in [9.17, 15) is 4.79 Å². The molecule has 2 aliphatic heterocycles. The fraction of sp³-hybridized carbons (Fsp3) is 0.769. The number of nitrogens with one attached hydrogen (secondary N) is 1. The molecule has 20 heavy (non-hydrogen) atoms. The Hall–Kier alpha value is -1.21. The Morgan fingerprint density at radius 3 is 3.10 bits per heavy atom. The fourth-order valence-electron chi connectivity index (χ4n) is 3.01. The van der Waals surface area contributed by atoms with Crippen LogP contribution in [0.15, 0.2) is 0 Å². The molecular weight excluding hydrogens is 274 g/mol. The predicted octanol–water partition coefficient (Wildman–Crippen LogP) is 1.28. The minimum absolute atomic E-state index is 0.0388. The van der Waals surface area contributed by atoms with Gasteiger partial charge in [0, 0.05) is 32.2 Å². The topological polar surface area (TPSA) is 61.4 Å². The largest absolute Gasteiger partial charge is 0.360 e. The van der Waals surface area contributed by atoms with Gasteiger partial charge in [-0.3, -0.25) is 9.69 Å². The van der Waals surface area contributed by atoms with Crippen molar-refractivity contribution in [3.8, 4) is 0 Å². The third kappa shape index (κ3) is 2.78. The average Bonchev–Trinajstić information content (AvgIpc) is 2.95. The fourth-order valence-corrected chi connectivity index (χ4v) is 3.79. The van der Waals surface area contributed by atoms with Crippen LogP contribution in [-0.4, -0.2) is 64.7 Å². The first-order valence-electron chi connectivity index (χ1n) is 7.38. The number of fused-ring (bicyclic) bond motifs is 1. The molecule has 1 aromatic rings. The quantitative estimate of drug-likeness (QED) is 0.910. The third-order valence-corrected chi connectivity index (χ3v) is 4.93. The zero-order chi connectivity index (χ0) is 13.9. The number of carbonyl (C=O) groups is 1. The van der Waals surface area contributed by atoms with E-state index in [4.69, 9.17) is 0 Å². The average molecular weight is 295 g/mol. The number of hydrogen-bond acceptors (Lipinski definition) is 6. The lowest BCUT2D eigenvalue weighted by molar-refractivity contribution is 0.0371. The van der Waals surface area contributed by atoms with Crippen molar-refractivity contribution in [2.75, 3.05) is 38.0 Å². The van der Waals surface area contributed by atoms with E-state index in [0.29, 0.717) is 11.0 Å². The predicted molar refractivity (Wildman–Crippen MR) is 79.2 cm³/mol. The molecule has 2 saturated heterocycles. The van der Waals surface area contributed by atoms with E-state index in [1.165, 1.54) is 37.1 Å². The second-order valence-corrected chi connectivity index (χ2v) is 6.36. The summed E-state index contributed by atoms with van der Waals surface area (Å²) < 4.78 is 0. The SMILES string of the molecule is CCNc1nnc(C(=O)N2CCN3CCCCC3C2)s1. The van der Waals surface area contributed by atoms with Crippen LogP contribution in [0.25, 0.3) is 0 Å². The lowest BCUT2D eigenvalue weighted by Gasteiger charge is -2.43. The first-order chi connectivity index (χ1) is 9.78. The zero-order valence-electron chi connectivity index (χ0n) is 11.8. The molecule has 0 aromatic carbocycles. The summed E-state index contributed by atoms with van der Waals surface area (Å²) >= 11 is 1.35. The van der Waals surface area contributed by atoms with Crippen molar-refractivity contribution < 1.29 is 4.79 Å². The van der Waals surface area contributed by atoms with Crippen LogP contribution in [0.3, 0.4) is 0 Å². The summed E-state index contributed by atoms with van der Waals surface area (Å²) in [4.78, 5) is 17.0. The van der Waals surface area contributed by atoms with E-state index in [-0.39, 0.29) is 5.91 Å². The van der Waals surface area contributed by atoms with E-state index in [1.54, 1.807) is 0 Å². The molecule has 3 rings (SSSR count). The summed E-state index contributed by atoms with van der Waals surface area (Å²) in [7, 11) is 0. The van der Waals surface area contributed by atoms with Gasteiger partial charge in [0.2, 0.25) is 10.1 Å². The Morgan fingerprint density at radius 2 is 2.25 bits per heavy atom. The second kappa shape index (κ2) is 6.05. The van der Waals surface area contributed by atoms with Gasteiger partial charge in [0.15, 0.2) is 0 Å². The molecule has 6 nitrogen and oxygen atoms in total. The van der Waals surface area contributed by atoms with Gasteiger partial charge in [-0.2, -0.15) is 0 Å². The molecule has 1 atom stereocenters. The Morgan fingerprint density at radius 1 is 1.35 bits per heavy atom. The van der Waals surface area contributed by atoms with Crippen LogP contribution in [0.1, 0.15) is 36.0 Å². The van der Waals surface area contributed by atoms with Crippen molar-refractivity contribution in [2.24, 2.45) is 0 Å². The van der Waals surface area contributed by atoms with Gasteiger partial charge in [-0.15, -0.1) is 10.2 Å². The molecule has 2 aliphatic rings. The summed E-state index contributed by atoms with van der Waals surface area (Å²) in [6, 6.07) is 0.544. The Balaban J connectivity index is 1.64. The van der Waals surface area contributed by atoms with Crippen LogP contribution in [-0.2, 0) is 0 Å². The number of piperazine rings is 1. The first kappa shape index (κ1) is 13.8. The lowest BCUT2D eigenvalue weighted by atomic mass is 9.99. The number of hydrogen-bond donors (Lipinski definition) is 1. The summed E-state index contributed by atoms with van der Waals surface area (Å²) in [5, 5.41) is 12.3. The highest BCUT2D eigenvalue weighted by Gasteiger charge is 2.32. The Labute approximate surface area is 123 Å². The number of rotatable bonds is 3. The van der Waals surface area contributed by atoms with E-state index >= 15 is 0 Å². The smallest absolute Gasteiger partial charge is 0.285 e. The van der Waals surface area contributed by atoms with Crippen LogP contribution in [0.2, 0.25) is 0 Å². The maximum Gasteiger partial charge on any atom is 0.285 e.